The van der Waals surface area contributed by atoms with Gasteiger partial charge in [0.25, 0.3) is 0 Å². The van der Waals surface area contributed by atoms with Crippen molar-refractivity contribution in [3.8, 4) is 0 Å². The number of piperidine rings is 1. The molecule has 18 heavy (non-hydrogen) atoms. The number of rotatable bonds is 6. The van der Waals surface area contributed by atoms with Crippen LogP contribution in [0.25, 0.3) is 0 Å². The molecule has 0 N–H and O–H groups in total. The summed E-state index contributed by atoms with van der Waals surface area (Å²) >= 11 is 0. The fraction of sp³-hybridized carbons (Fsp3) is 0.929. The van der Waals surface area contributed by atoms with E-state index < -0.39 is 0 Å². The van der Waals surface area contributed by atoms with Gasteiger partial charge in [-0.3, -0.25) is 4.79 Å². The second kappa shape index (κ2) is 7.74. The van der Waals surface area contributed by atoms with Gasteiger partial charge in [0.2, 0.25) is 5.91 Å². The van der Waals surface area contributed by atoms with Crippen molar-refractivity contribution in [3.63, 3.8) is 0 Å². The van der Waals surface area contributed by atoms with Crippen LogP contribution in [0.1, 0.15) is 33.1 Å². The van der Waals surface area contributed by atoms with Gasteiger partial charge in [-0.1, -0.05) is 20.3 Å². The van der Waals surface area contributed by atoms with Crippen molar-refractivity contribution >= 4 is 5.91 Å². The molecule has 4 nitrogen and oxygen atoms in total. The summed E-state index contributed by atoms with van der Waals surface area (Å²) in [6.07, 6.45) is 3.41. The Morgan fingerprint density at radius 3 is 2.56 bits per heavy atom. The summed E-state index contributed by atoms with van der Waals surface area (Å²) in [6, 6.07) is 0.390. The molecular formula is C14H28N2O2. The molecule has 1 amide bonds. The van der Waals surface area contributed by atoms with Crippen molar-refractivity contribution < 1.29 is 9.53 Å². The molecule has 0 aliphatic carbocycles. The van der Waals surface area contributed by atoms with E-state index in [1.807, 2.05) is 11.9 Å². The van der Waals surface area contributed by atoms with Crippen molar-refractivity contribution in [3.05, 3.63) is 0 Å². The molecule has 1 aliphatic heterocycles. The Morgan fingerprint density at radius 1 is 1.44 bits per heavy atom. The van der Waals surface area contributed by atoms with E-state index in [9.17, 15) is 4.79 Å². The Morgan fingerprint density at radius 2 is 2.06 bits per heavy atom. The third kappa shape index (κ3) is 4.58. The molecule has 0 aromatic rings. The lowest BCUT2D eigenvalue weighted by molar-refractivity contribution is -0.136. The molecular weight excluding hydrogens is 228 g/mol. The average molecular weight is 256 g/mol. The second-order valence-electron chi connectivity index (χ2n) is 5.48. The van der Waals surface area contributed by atoms with Crippen molar-refractivity contribution in [2.75, 3.05) is 40.4 Å². The summed E-state index contributed by atoms with van der Waals surface area (Å²) in [5, 5.41) is 0. The minimum atomic E-state index is 0.0953. The van der Waals surface area contributed by atoms with Gasteiger partial charge in [-0.25, -0.2) is 0 Å². The van der Waals surface area contributed by atoms with Gasteiger partial charge in [-0.15, -0.1) is 0 Å². The van der Waals surface area contributed by atoms with Crippen LogP contribution >= 0.6 is 0 Å². The Balaban J connectivity index is 2.32. The zero-order valence-electron chi connectivity index (χ0n) is 12.3. The smallest absolute Gasteiger partial charge is 0.248 e. The molecule has 1 fully saturated rings. The molecule has 0 saturated carbocycles. The van der Waals surface area contributed by atoms with Gasteiger partial charge < -0.3 is 14.5 Å². The number of likely N-dealkylation sites (tertiary alicyclic amines) is 1. The first-order valence-corrected chi connectivity index (χ1v) is 7.05. The fourth-order valence-corrected chi connectivity index (χ4v) is 2.49. The van der Waals surface area contributed by atoms with Gasteiger partial charge in [0.15, 0.2) is 0 Å². The van der Waals surface area contributed by atoms with Crippen LogP contribution in [0.5, 0.6) is 0 Å². The molecule has 0 spiro atoms. The minimum Gasteiger partial charge on any atom is -0.375 e. The number of ether oxygens (including phenoxy) is 1. The molecule has 4 heteroatoms. The monoisotopic (exact) mass is 256 g/mol. The minimum absolute atomic E-state index is 0.0953. The van der Waals surface area contributed by atoms with Gasteiger partial charge in [-0.05, 0) is 18.8 Å². The lowest BCUT2D eigenvalue weighted by Gasteiger charge is -2.37. The summed E-state index contributed by atoms with van der Waals surface area (Å²) in [5.74, 6) is 0.868. The fourth-order valence-electron chi connectivity index (χ4n) is 2.49. The lowest BCUT2D eigenvalue weighted by Crippen LogP contribution is -2.47. The van der Waals surface area contributed by atoms with Crippen LogP contribution in [0, 0.1) is 5.92 Å². The molecule has 1 saturated heterocycles. The summed E-state index contributed by atoms with van der Waals surface area (Å²) in [6.45, 7) is 8.16. The largest absolute Gasteiger partial charge is 0.375 e. The van der Waals surface area contributed by atoms with Gasteiger partial charge in [0, 0.05) is 39.8 Å². The Hall–Kier alpha value is -0.610. The maximum absolute atomic E-state index is 11.7. The van der Waals surface area contributed by atoms with Crippen LogP contribution < -0.4 is 0 Å². The molecule has 106 valence electrons. The summed E-state index contributed by atoms with van der Waals surface area (Å²) in [4.78, 5) is 16.1. The molecule has 1 atom stereocenters. The third-order valence-corrected chi connectivity index (χ3v) is 4.03. The summed E-state index contributed by atoms with van der Waals surface area (Å²) < 4.78 is 4.90. The Kier molecular flexibility index (Phi) is 6.65. The molecule has 0 aromatic heterocycles. The van der Waals surface area contributed by atoms with E-state index >= 15 is 0 Å². The van der Waals surface area contributed by atoms with Crippen LogP contribution in [-0.2, 0) is 9.53 Å². The van der Waals surface area contributed by atoms with E-state index in [0.717, 1.165) is 31.8 Å². The van der Waals surface area contributed by atoms with Gasteiger partial charge in [0.1, 0.15) is 6.61 Å². The first kappa shape index (κ1) is 15.4. The standard InChI is InChI=1S/C14H28N2O2/c1-5-12(2)10-16-8-6-13(7-9-16)15(3)14(17)11-18-4/h12-13H,5-11H2,1-4H3. The topological polar surface area (TPSA) is 32.8 Å². The first-order chi connectivity index (χ1) is 8.58. The summed E-state index contributed by atoms with van der Waals surface area (Å²) in [7, 11) is 3.47. The number of hydrogen-bond donors (Lipinski definition) is 0. The van der Waals surface area contributed by atoms with E-state index in [4.69, 9.17) is 4.74 Å². The van der Waals surface area contributed by atoms with E-state index in [0.29, 0.717) is 6.04 Å². The quantitative estimate of drug-likeness (QED) is 0.723. The van der Waals surface area contributed by atoms with Crippen molar-refractivity contribution in [1.82, 2.24) is 9.80 Å². The molecule has 0 bridgehead atoms. The maximum Gasteiger partial charge on any atom is 0.248 e. The van der Waals surface area contributed by atoms with Crippen molar-refractivity contribution in [2.24, 2.45) is 5.92 Å². The number of methoxy groups -OCH3 is 1. The molecule has 1 heterocycles. The van der Waals surface area contributed by atoms with Gasteiger partial charge >= 0.3 is 0 Å². The van der Waals surface area contributed by atoms with Crippen LogP contribution in [-0.4, -0.2) is 62.1 Å². The average Bonchev–Trinajstić information content (AvgIpc) is 2.39. The molecule has 0 radical (unpaired) electrons. The van der Waals surface area contributed by atoms with E-state index in [-0.39, 0.29) is 12.5 Å². The number of carbonyl (C=O) groups is 1. The van der Waals surface area contributed by atoms with E-state index in [1.165, 1.54) is 13.0 Å². The van der Waals surface area contributed by atoms with Gasteiger partial charge in [0.05, 0.1) is 0 Å². The number of amides is 1. The second-order valence-corrected chi connectivity index (χ2v) is 5.48. The van der Waals surface area contributed by atoms with Gasteiger partial charge in [-0.2, -0.15) is 0 Å². The predicted molar refractivity (Wildman–Crippen MR) is 73.6 cm³/mol. The maximum atomic E-state index is 11.7. The number of likely N-dealkylation sites (N-methyl/N-ethyl adjacent to an activating group) is 1. The zero-order valence-corrected chi connectivity index (χ0v) is 12.3. The summed E-state index contributed by atoms with van der Waals surface area (Å²) in [5.41, 5.74) is 0. The molecule has 1 unspecified atom stereocenters. The number of carbonyl (C=O) groups excluding carboxylic acids is 1. The normalized spacial score (nSPS) is 19.8. The highest BCUT2D eigenvalue weighted by molar-refractivity contribution is 5.77. The van der Waals surface area contributed by atoms with E-state index in [2.05, 4.69) is 18.7 Å². The van der Waals surface area contributed by atoms with Crippen molar-refractivity contribution in [2.45, 2.75) is 39.2 Å². The number of hydrogen-bond acceptors (Lipinski definition) is 3. The lowest BCUT2D eigenvalue weighted by atomic mass is 10.0. The number of nitrogens with zero attached hydrogens (tertiary/aromatic N) is 2. The van der Waals surface area contributed by atoms with Crippen LogP contribution in [0.3, 0.4) is 0 Å². The highest BCUT2D eigenvalue weighted by atomic mass is 16.5. The Labute approximate surface area is 111 Å². The van der Waals surface area contributed by atoms with Crippen molar-refractivity contribution in [1.29, 1.82) is 0 Å². The van der Waals surface area contributed by atoms with Crippen LogP contribution in [0.2, 0.25) is 0 Å². The molecule has 0 aromatic carbocycles. The highest BCUT2D eigenvalue weighted by Gasteiger charge is 2.25. The predicted octanol–water partition coefficient (Wildman–Crippen LogP) is 1.60. The van der Waals surface area contributed by atoms with E-state index in [1.54, 1.807) is 7.11 Å². The third-order valence-electron chi connectivity index (χ3n) is 4.03. The molecule has 1 aliphatic rings. The highest BCUT2D eigenvalue weighted by Crippen LogP contribution is 2.17. The SMILES string of the molecule is CCC(C)CN1CCC(N(C)C(=O)COC)CC1. The van der Waals surface area contributed by atoms with Crippen LogP contribution in [0.4, 0.5) is 0 Å². The Bertz CT molecular complexity index is 250. The zero-order chi connectivity index (χ0) is 13.5. The van der Waals surface area contributed by atoms with Crippen LogP contribution in [0.15, 0.2) is 0 Å². The first-order valence-electron chi connectivity index (χ1n) is 7.05. The molecule has 1 rings (SSSR count).